The van der Waals surface area contributed by atoms with E-state index in [0.29, 0.717) is 0 Å². The molecule has 0 aliphatic heterocycles. The minimum absolute atomic E-state index is 0. The van der Waals surface area contributed by atoms with E-state index >= 15 is 0 Å². The molecule has 0 aliphatic carbocycles. The minimum Gasteiger partial charge on any atom is -0.687 e. The quantitative estimate of drug-likeness (QED) is 0.570. The van der Waals surface area contributed by atoms with Crippen LogP contribution in [-0.2, 0) is 0 Å². The summed E-state index contributed by atoms with van der Waals surface area (Å²) in [6, 6.07) is 20.4. The van der Waals surface area contributed by atoms with Crippen molar-refractivity contribution >= 4 is 27.8 Å². The molecule has 0 heterocycles. The summed E-state index contributed by atoms with van der Waals surface area (Å²) in [5.74, 6) is 0. The predicted molar refractivity (Wildman–Crippen MR) is 142 cm³/mol. The Balaban J connectivity index is -0.000000388. The third-order valence-electron chi connectivity index (χ3n) is 3.50. The van der Waals surface area contributed by atoms with Gasteiger partial charge in [0.1, 0.15) is 0 Å². The molecule has 170 valence electrons. The molecule has 32 heavy (non-hydrogen) atoms. The van der Waals surface area contributed by atoms with E-state index in [9.17, 15) is 0 Å². The summed E-state index contributed by atoms with van der Waals surface area (Å²) < 4.78 is 0. The van der Waals surface area contributed by atoms with E-state index < -0.39 is 16.5 Å². The SMILES string of the molecule is CN(C)CC[NH+](C)C.C[Si](C)(C)[N-]c1ccccc1.C[Si](C)(C)[N-]c1ccccc1.[Li+].[Li+]. The second-order valence-corrected chi connectivity index (χ2v) is 19.1. The molecule has 1 N–H and O–H groups in total. The van der Waals surface area contributed by atoms with Crippen LogP contribution in [-0.4, -0.2) is 62.7 Å². The average molecular weight is 460 g/mol. The zero-order valence-corrected chi connectivity index (χ0v) is 25.0. The Kier molecular flexibility index (Phi) is 21.4. The van der Waals surface area contributed by atoms with Crippen LogP contribution in [0.5, 0.6) is 0 Å². The fraction of sp³-hybridized carbons (Fsp3) is 0.500. The maximum Gasteiger partial charge on any atom is 1.00 e. The molecule has 0 saturated heterocycles. The van der Waals surface area contributed by atoms with E-state index in [0.717, 1.165) is 11.4 Å². The van der Waals surface area contributed by atoms with Crippen LogP contribution in [0.1, 0.15) is 0 Å². The monoisotopic (exact) mass is 459 g/mol. The van der Waals surface area contributed by atoms with Crippen molar-refractivity contribution in [3.05, 3.63) is 70.6 Å². The van der Waals surface area contributed by atoms with Crippen molar-refractivity contribution in [2.45, 2.75) is 39.3 Å². The molecule has 2 aromatic carbocycles. The van der Waals surface area contributed by atoms with E-state index in [2.05, 4.69) is 107 Å². The van der Waals surface area contributed by atoms with E-state index in [1.807, 2.05) is 36.4 Å². The summed E-state index contributed by atoms with van der Waals surface area (Å²) in [7, 11) is 5.99. The second kappa shape index (κ2) is 19.0. The third-order valence-corrected chi connectivity index (χ3v) is 5.36. The zero-order valence-electron chi connectivity index (χ0n) is 23.0. The summed E-state index contributed by atoms with van der Waals surface area (Å²) in [5, 5.41) is 0. The van der Waals surface area contributed by atoms with Crippen LogP contribution in [0.4, 0.5) is 11.4 Å². The van der Waals surface area contributed by atoms with Crippen molar-refractivity contribution in [1.82, 2.24) is 4.90 Å². The van der Waals surface area contributed by atoms with E-state index in [-0.39, 0.29) is 37.7 Å². The molecule has 2 aromatic rings. The van der Waals surface area contributed by atoms with E-state index in [4.69, 9.17) is 0 Å². The number of rotatable bonds is 7. The molecule has 0 aliphatic rings. The van der Waals surface area contributed by atoms with Gasteiger partial charge in [-0.2, -0.15) is 0 Å². The number of nitrogens with one attached hydrogen (secondary N) is 1. The Labute approximate surface area is 225 Å². The number of nitrogens with zero attached hydrogens (tertiary/aromatic N) is 3. The summed E-state index contributed by atoms with van der Waals surface area (Å²) in [5.41, 5.74) is 2.23. The van der Waals surface area contributed by atoms with Crippen LogP contribution >= 0.6 is 0 Å². The summed E-state index contributed by atoms with van der Waals surface area (Å²) in [4.78, 5) is 13.0. The molecule has 0 saturated carbocycles. The predicted octanol–water partition coefficient (Wildman–Crippen LogP) is -0.246. The number of likely N-dealkylation sites (N-methyl/N-ethyl adjacent to an activating group) is 2. The van der Waals surface area contributed by atoms with Gasteiger partial charge in [0.05, 0.1) is 20.6 Å². The molecule has 4 nitrogen and oxygen atoms in total. The van der Waals surface area contributed by atoms with Gasteiger partial charge in [-0.3, -0.25) is 0 Å². The Hall–Kier alpha value is -0.411. The third kappa shape index (κ3) is 25.8. The first-order valence-electron chi connectivity index (χ1n) is 10.8. The summed E-state index contributed by atoms with van der Waals surface area (Å²) >= 11 is 0. The normalized spacial score (nSPS) is 10.5. The maximum atomic E-state index is 4.63. The van der Waals surface area contributed by atoms with Gasteiger partial charge in [0.15, 0.2) is 0 Å². The largest absolute Gasteiger partial charge is 1.00 e. The van der Waals surface area contributed by atoms with Crippen molar-refractivity contribution in [3.63, 3.8) is 0 Å². The molecule has 0 spiro atoms. The van der Waals surface area contributed by atoms with Gasteiger partial charge in [0.25, 0.3) is 0 Å². The average Bonchev–Trinajstić information content (AvgIpc) is 2.60. The minimum atomic E-state index is -1.27. The number of quaternary nitrogens is 1. The van der Waals surface area contributed by atoms with Gasteiger partial charge in [0.2, 0.25) is 0 Å². The second-order valence-electron chi connectivity index (χ2n) is 10.00. The van der Waals surface area contributed by atoms with Crippen molar-refractivity contribution in [1.29, 1.82) is 0 Å². The van der Waals surface area contributed by atoms with Crippen LogP contribution in [0.2, 0.25) is 39.3 Å². The van der Waals surface area contributed by atoms with Gasteiger partial charge >= 0.3 is 37.7 Å². The Morgan fingerprint density at radius 2 is 0.969 bits per heavy atom. The van der Waals surface area contributed by atoms with Crippen LogP contribution in [0.3, 0.4) is 0 Å². The molecule has 0 radical (unpaired) electrons. The summed E-state index contributed by atoms with van der Waals surface area (Å²) in [6.07, 6.45) is 0. The first-order chi connectivity index (χ1) is 13.8. The van der Waals surface area contributed by atoms with Gasteiger partial charge < -0.3 is 19.8 Å². The molecule has 0 unspecified atom stereocenters. The van der Waals surface area contributed by atoms with Crippen molar-refractivity contribution in [2.24, 2.45) is 0 Å². The van der Waals surface area contributed by atoms with Gasteiger partial charge in [-0.05, 0) is 30.6 Å². The standard InChI is InChI=1S/2C9H14NSi.C6H16N2.2Li/c2*1-11(2,3)10-9-7-5-4-6-8-9;1-7(2)5-6-8(3)4;;/h2*4-8H,1-3H3;5-6H2,1-4H3;;/q2*-1;;2*+1/p+1. The first kappa shape index (κ1) is 36.2. The summed E-state index contributed by atoms with van der Waals surface area (Å²) in [6.45, 7) is 15.8. The van der Waals surface area contributed by atoms with Gasteiger partial charge in [-0.15, -0.1) is 11.4 Å². The Bertz CT molecular complexity index is 600. The van der Waals surface area contributed by atoms with E-state index in [1.165, 1.54) is 18.0 Å². The van der Waals surface area contributed by atoms with Crippen LogP contribution in [0.15, 0.2) is 60.7 Å². The zero-order chi connectivity index (χ0) is 23.2. The van der Waals surface area contributed by atoms with E-state index in [1.54, 1.807) is 0 Å². The molecule has 8 heteroatoms. The number of hydrogen-bond donors (Lipinski definition) is 1. The smallest absolute Gasteiger partial charge is 0.687 e. The molecular weight excluding hydrogens is 414 g/mol. The molecular formula is C24H45Li2N4Si2+. The van der Waals surface area contributed by atoms with Crippen molar-refractivity contribution in [2.75, 3.05) is 41.3 Å². The van der Waals surface area contributed by atoms with Crippen LogP contribution in [0, 0.1) is 0 Å². The topological polar surface area (TPSA) is 35.9 Å². The Morgan fingerprint density at radius 3 is 1.16 bits per heavy atom. The molecule has 2 rings (SSSR count). The molecule has 0 fully saturated rings. The Morgan fingerprint density at radius 1 is 0.656 bits per heavy atom. The fourth-order valence-electron chi connectivity index (χ4n) is 2.23. The van der Waals surface area contributed by atoms with Gasteiger partial charge in [-0.25, -0.2) is 0 Å². The number of benzene rings is 2. The van der Waals surface area contributed by atoms with Crippen LogP contribution < -0.4 is 42.6 Å². The van der Waals surface area contributed by atoms with Gasteiger partial charge in [0, 0.05) is 6.54 Å². The maximum absolute atomic E-state index is 4.63. The van der Waals surface area contributed by atoms with Gasteiger partial charge in [-0.1, -0.05) is 99.9 Å². The molecule has 0 amide bonds. The van der Waals surface area contributed by atoms with Crippen molar-refractivity contribution in [3.8, 4) is 0 Å². The fourth-order valence-corrected chi connectivity index (χ4v) is 4.07. The number of hydrogen-bond acceptors (Lipinski definition) is 1. The first-order valence-corrected chi connectivity index (χ1v) is 17.7. The molecule has 0 bridgehead atoms. The van der Waals surface area contributed by atoms with Crippen molar-refractivity contribution < 1.29 is 42.6 Å². The van der Waals surface area contributed by atoms with Crippen LogP contribution in [0.25, 0.3) is 9.96 Å². The molecule has 0 aromatic heterocycles. The molecule has 0 atom stereocenters.